The first kappa shape index (κ1) is 27.4. The van der Waals surface area contributed by atoms with E-state index in [0.29, 0.717) is 48.1 Å². The number of urea groups is 1. The first-order valence-corrected chi connectivity index (χ1v) is 14.4. The lowest BCUT2D eigenvalue weighted by atomic mass is 9.95. The molecule has 4 heterocycles. The number of carbonyl (C=O) groups is 4. The van der Waals surface area contributed by atoms with Crippen molar-refractivity contribution in [2.24, 2.45) is 5.92 Å². The van der Waals surface area contributed by atoms with E-state index in [1.807, 2.05) is 24.3 Å². The number of nitrogens with one attached hydrogen (secondary N) is 2. The number of carbonyl (C=O) groups excluding carboxylic acids is 3. The SMILES string of the molecule is O=C(O)[C@H]1CCN(C(=O)[C@@H]2CCCN2C(=O)[C@H]2Cc3c([nH]c4ccccc34)CN2C(=O)Nc2ccc(Cl)c(Cl)c2)C1. The van der Waals surface area contributed by atoms with Crippen LogP contribution >= 0.6 is 23.2 Å². The van der Waals surface area contributed by atoms with Crippen molar-refractivity contribution in [2.75, 3.05) is 25.0 Å². The molecule has 3 aliphatic heterocycles. The van der Waals surface area contributed by atoms with Crippen LogP contribution in [0.25, 0.3) is 10.9 Å². The van der Waals surface area contributed by atoms with Crippen LogP contribution in [0.2, 0.25) is 10.0 Å². The fraction of sp³-hybridized carbons (Fsp3) is 0.379. The maximum Gasteiger partial charge on any atom is 0.322 e. The molecule has 0 bridgehead atoms. The molecule has 6 rings (SSSR count). The van der Waals surface area contributed by atoms with Gasteiger partial charge in [0.2, 0.25) is 11.8 Å². The van der Waals surface area contributed by atoms with Gasteiger partial charge < -0.3 is 30.1 Å². The van der Waals surface area contributed by atoms with Crippen molar-refractivity contribution in [1.29, 1.82) is 0 Å². The number of aromatic nitrogens is 1. The normalized spacial score (nSPS) is 22.2. The van der Waals surface area contributed by atoms with E-state index in [4.69, 9.17) is 23.2 Å². The summed E-state index contributed by atoms with van der Waals surface area (Å²) in [5, 5.41) is 13.9. The van der Waals surface area contributed by atoms with Crippen molar-refractivity contribution in [1.82, 2.24) is 19.7 Å². The Morgan fingerprint density at radius 3 is 2.49 bits per heavy atom. The van der Waals surface area contributed by atoms with Crippen molar-refractivity contribution in [3.05, 3.63) is 63.8 Å². The van der Waals surface area contributed by atoms with Crippen molar-refractivity contribution in [2.45, 2.75) is 44.3 Å². The lowest BCUT2D eigenvalue weighted by Gasteiger charge is -2.38. The Kier molecular flexibility index (Phi) is 7.29. The summed E-state index contributed by atoms with van der Waals surface area (Å²) in [5.74, 6) is -2.03. The molecule has 3 aromatic rings. The molecule has 2 fully saturated rings. The summed E-state index contributed by atoms with van der Waals surface area (Å²) in [6.45, 7) is 1.07. The summed E-state index contributed by atoms with van der Waals surface area (Å²) in [6, 6.07) is 10.6. The van der Waals surface area contributed by atoms with Crippen LogP contribution in [0.4, 0.5) is 10.5 Å². The van der Waals surface area contributed by atoms with Crippen LogP contribution in [0.5, 0.6) is 0 Å². The summed E-state index contributed by atoms with van der Waals surface area (Å²) in [5.41, 5.74) is 3.19. The number of benzene rings is 2. The van der Waals surface area contributed by atoms with E-state index in [9.17, 15) is 24.3 Å². The highest BCUT2D eigenvalue weighted by Gasteiger charge is 2.45. The number of aliphatic carboxylic acids is 1. The van der Waals surface area contributed by atoms with Gasteiger partial charge in [-0.2, -0.15) is 0 Å². The molecule has 0 aliphatic carbocycles. The summed E-state index contributed by atoms with van der Waals surface area (Å²) in [7, 11) is 0. The number of rotatable bonds is 4. The highest BCUT2D eigenvalue weighted by atomic mass is 35.5. The van der Waals surface area contributed by atoms with Crippen molar-refractivity contribution < 1.29 is 24.3 Å². The molecule has 3 aliphatic rings. The monoisotopic (exact) mass is 597 g/mol. The lowest BCUT2D eigenvalue weighted by Crippen LogP contribution is -2.57. The van der Waals surface area contributed by atoms with Crippen molar-refractivity contribution in [3.63, 3.8) is 0 Å². The highest BCUT2D eigenvalue weighted by Crippen LogP contribution is 2.34. The molecule has 2 aromatic carbocycles. The fourth-order valence-corrected chi connectivity index (χ4v) is 6.56. The van der Waals surface area contributed by atoms with Crippen LogP contribution in [0, 0.1) is 5.92 Å². The van der Waals surface area contributed by atoms with Crippen LogP contribution in [-0.2, 0) is 27.3 Å². The summed E-state index contributed by atoms with van der Waals surface area (Å²) >= 11 is 12.2. The number of carboxylic acid groups (broad SMARTS) is 1. The number of para-hydroxylation sites is 1. The molecule has 4 amide bonds. The van der Waals surface area contributed by atoms with Gasteiger partial charge >= 0.3 is 12.0 Å². The number of amides is 4. The molecule has 12 heteroatoms. The number of carboxylic acids is 1. The van der Waals surface area contributed by atoms with Gasteiger partial charge in [0.1, 0.15) is 12.1 Å². The van der Waals surface area contributed by atoms with Gasteiger partial charge in [0.25, 0.3) is 0 Å². The van der Waals surface area contributed by atoms with Crippen LogP contribution in [-0.4, -0.2) is 80.3 Å². The van der Waals surface area contributed by atoms with Gasteiger partial charge in [-0.1, -0.05) is 41.4 Å². The molecule has 10 nitrogen and oxygen atoms in total. The summed E-state index contributed by atoms with van der Waals surface area (Å²) < 4.78 is 0. The maximum absolute atomic E-state index is 14.2. The Morgan fingerprint density at radius 2 is 1.73 bits per heavy atom. The predicted molar refractivity (Wildman–Crippen MR) is 154 cm³/mol. The summed E-state index contributed by atoms with van der Waals surface area (Å²) in [6.07, 6.45) is 1.84. The third kappa shape index (κ3) is 5.10. The number of halogens is 2. The number of anilines is 1. The molecule has 0 saturated carbocycles. The van der Waals surface area contributed by atoms with Gasteiger partial charge in [-0.3, -0.25) is 14.4 Å². The summed E-state index contributed by atoms with van der Waals surface area (Å²) in [4.78, 5) is 60.9. The van der Waals surface area contributed by atoms with E-state index in [2.05, 4.69) is 10.3 Å². The predicted octanol–water partition coefficient (Wildman–Crippen LogP) is 4.36. The van der Waals surface area contributed by atoms with Gasteiger partial charge in [0.15, 0.2) is 0 Å². The fourth-order valence-electron chi connectivity index (χ4n) is 6.26. The van der Waals surface area contributed by atoms with E-state index < -0.39 is 30.0 Å². The van der Waals surface area contributed by atoms with Gasteiger partial charge in [0.05, 0.1) is 22.5 Å². The van der Waals surface area contributed by atoms with E-state index in [0.717, 1.165) is 22.2 Å². The Balaban J connectivity index is 1.29. The molecular weight excluding hydrogens is 569 g/mol. The van der Waals surface area contributed by atoms with Crippen LogP contribution < -0.4 is 5.32 Å². The molecule has 0 spiro atoms. The third-order valence-electron chi connectivity index (χ3n) is 8.39. The van der Waals surface area contributed by atoms with Crippen molar-refractivity contribution in [3.8, 4) is 0 Å². The Morgan fingerprint density at radius 1 is 0.927 bits per heavy atom. The topological polar surface area (TPSA) is 126 Å². The largest absolute Gasteiger partial charge is 0.481 e. The molecule has 0 radical (unpaired) electrons. The molecular formula is C29H29Cl2N5O5. The maximum atomic E-state index is 14.2. The zero-order valence-electron chi connectivity index (χ0n) is 22.1. The van der Waals surface area contributed by atoms with Crippen LogP contribution in [0.1, 0.15) is 30.5 Å². The lowest BCUT2D eigenvalue weighted by molar-refractivity contribution is -0.146. The zero-order chi connectivity index (χ0) is 28.8. The minimum absolute atomic E-state index is 0.146. The highest BCUT2D eigenvalue weighted by molar-refractivity contribution is 6.42. The molecule has 2 saturated heterocycles. The average molecular weight is 598 g/mol. The average Bonchev–Trinajstić information content (AvgIpc) is 3.72. The Labute approximate surface area is 246 Å². The number of likely N-dealkylation sites (tertiary alicyclic amines) is 2. The Bertz CT molecular complexity index is 1560. The standard InChI is InChI=1S/C29H29Cl2N5O5/c30-20-8-7-17(12-21(20)31)32-29(41)36-15-23-19(18-4-1-2-5-22(18)33-23)13-25(36)27(38)35-10-3-6-24(35)26(37)34-11-9-16(14-34)28(39)40/h1-2,4-5,7-8,12,16,24-25,33H,3,6,9-11,13-15H2,(H,32,41)(H,39,40)/t16-,24-,25+/m0/s1. The minimum Gasteiger partial charge on any atom is -0.481 e. The van der Waals surface area contributed by atoms with E-state index in [1.54, 1.807) is 28.0 Å². The second-order valence-corrected chi connectivity index (χ2v) is 11.6. The van der Waals surface area contributed by atoms with Crippen molar-refractivity contribution >= 4 is 63.6 Å². The van der Waals surface area contributed by atoms with Gasteiger partial charge in [-0.15, -0.1) is 0 Å². The second-order valence-electron chi connectivity index (χ2n) is 10.8. The molecule has 3 N–H and O–H groups in total. The van der Waals surface area contributed by atoms with Gasteiger partial charge in [-0.05, 0) is 49.1 Å². The number of fused-ring (bicyclic) bond motifs is 3. The number of aromatic amines is 1. The minimum atomic E-state index is -0.917. The van der Waals surface area contributed by atoms with E-state index in [-0.39, 0.29) is 31.3 Å². The van der Waals surface area contributed by atoms with Crippen LogP contribution in [0.15, 0.2) is 42.5 Å². The zero-order valence-corrected chi connectivity index (χ0v) is 23.6. The molecule has 0 unspecified atom stereocenters. The smallest absolute Gasteiger partial charge is 0.322 e. The number of hydrogen-bond acceptors (Lipinski definition) is 4. The first-order valence-electron chi connectivity index (χ1n) is 13.6. The third-order valence-corrected chi connectivity index (χ3v) is 9.13. The number of hydrogen-bond donors (Lipinski definition) is 3. The van der Waals surface area contributed by atoms with Gasteiger partial charge in [-0.25, -0.2) is 4.79 Å². The van der Waals surface area contributed by atoms with E-state index >= 15 is 0 Å². The quantitative estimate of drug-likeness (QED) is 0.412. The number of nitrogens with zero attached hydrogens (tertiary/aromatic N) is 3. The molecule has 1 aromatic heterocycles. The molecule has 214 valence electrons. The molecule has 3 atom stereocenters. The van der Waals surface area contributed by atoms with E-state index in [1.165, 1.54) is 4.90 Å². The Hall–Kier alpha value is -3.76. The first-order chi connectivity index (χ1) is 19.7. The van der Waals surface area contributed by atoms with Gasteiger partial charge in [0, 0.05) is 48.3 Å². The molecule has 41 heavy (non-hydrogen) atoms. The number of H-pyrrole nitrogens is 1. The second kappa shape index (κ2) is 10.9. The van der Waals surface area contributed by atoms with Crippen LogP contribution in [0.3, 0.4) is 0 Å².